The molecule has 0 amide bonds. The van der Waals surface area contributed by atoms with E-state index >= 15 is 0 Å². The van der Waals surface area contributed by atoms with Gasteiger partial charge in [0.1, 0.15) is 29.1 Å². The third-order valence-electron chi connectivity index (χ3n) is 4.24. The fourth-order valence-corrected chi connectivity index (χ4v) is 3.49. The van der Waals surface area contributed by atoms with E-state index in [2.05, 4.69) is 0 Å². The molecule has 0 bridgehead atoms. The highest BCUT2D eigenvalue weighted by Crippen LogP contribution is 2.39. The van der Waals surface area contributed by atoms with Gasteiger partial charge in [0.2, 0.25) is 0 Å². The van der Waals surface area contributed by atoms with E-state index in [0.717, 1.165) is 5.56 Å². The summed E-state index contributed by atoms with van der Waals surface area (Å²) in [5.41, 5.74) is 0.812. The summed E-state index contributed by atoms with van der Waals surface area (Å²) in [4.78, 5) is 11.0. The van der Waals surface area contributed by atoms with Crippen LogP contribution >= 0.6 is 23.2 Å². The molecule has 2 heterocycles. The van der Waals surface area contributed by atoms with E-state index < -0.39 is 47.4 Å². The molecule has 6 nitrogen and oxygen atoms in total. The minimum absolute atomic E-state index is 0.187. The van der Waals surface area contributed by atoms with Crippen molar-refractivity contribution >= 4 is 29.2 Å². The Balaban J connectivity index is 1.81. The smallest absolute Gasteiger partial charge is 0.314 e. The van der Waals surface area contributed by atoms with Crippen molar-refractivity contribution in [1.82, 2.24) is 0 Å². The molecule has 8 heteroatoms. The molecule has 6 atom stereocenters. The average Bonchev–Trinajstić information content (AvgIpc) is 2.61. The van der Waals surface area contributed by atoms with Crippen LogP contribution in [0.4, 0.5) is 0 Å². The Labute approximate surface area is 149 Å². The van der Waals surface area contributed by atoms with E-state index in [4.69, 9.17) is 42.1 Å². The van der Waals surface area contributed by atoms with Crippen LogP contribution in [-0.2, 0) is 23.7 Å². The Morgan fingerprint density at radius 3 is 2.62 bits per heavy atom. The first kappa shape index (κ1) is 17.9. The first-order valence-electron chi connectivity index (χ1n) is 7.54. The van der Waals surface area contributed by atoms with Crippen LogP contribution in [0.15, 0.2) is 30.3 Å². The van der Waals surface area contributed by atoms with Crippen LogP contribution < -0.4 is 0 Å². The first-order valence-corrected chi connectivity index (χ1v) is 8.41. The number of alkyl halides is 2. The lowest BCUT2D eigenvalue weighted by Crippen LogP contribution is -2.62. The molecule has 2 saturated heterocycles. The quantitative estimate of drug-likeness (QED) is 0.640. The Morgan fingerprint density at radius 1 is 1.29 bits per heavy atom. The molecule has 0 radical (unpaired) electrons. The van der Waals surface area contributed by atoms with E-state index in [9.17, 15) is 9.90 Å². The number of carbonyl (C=O) groups is 1. The topological polar surface area (TPSA) is 74.2 Å². The van der Waals surface area contributed by atoms with Crippen molar-refractivity contribution in [3.05, 3.63) is 35.9 Å². The fourth-order valence-electron chi connectivity index (χ4n) is 3.06. The molecule has 1 aromatic rings. The van der Waals surface area contributed by atoms with Gasteiger partial charge in [-0.2, -0.15) is 0 Å². The molecule has 0 aliphatic carbocycles. The van der Waals surface area contributed by atoms with Crippen LogP contribution in [-0.4, -0.2) is 54.0 Å². The highest BCUT2D eigenvalue weighted by Gasteiger charge is 2.53. The van der Waals surface area contributed by atoms with Gasteiger partial charge in [-0.05, 0) is 0 Å². The van der Waals surface area contributed by atoms with Crippen molar-refractivity contribution < 1.29 is 28.8 Å². The highest BCUT2D eigenvalue weighted by molar-refractivity contribution is 6.44. The summed E-state index contributed by atoms with van der Waals surface area (Å²) >= 11 is 11.8. The summed E-state index contributed by atoms with van der Waals surface area (Å²) in [7, 11) is 1.23. The SMILES string of the molecule is COC(=O)[C@H]1[C@H](O)[C@@H]2OC(c3ccccc3)OC[C@H]2O[C@H]1C(Cl)Cl. The normalized spacial score (nSPS) is 36.2. The maximum Gasteiger partial charge on any atom is 0.314 e. The van der Waals surface area contributed by atoms with Crippen molar-refractivity contribution in [3.8, 4) is 0 Å². The van der Waals surface area contributed by atoms with E-state index in [1.54, 1.807) is 0 Å². The van der Waals surface area contributed by atoms with Gasteiger partial charge < -0.3 is 24.1 Å². The molecule has 132 valence electrons. The number of rotatable bonds is 3. The van der Waals surface area contributed by atoms with Crippen molar-refractivity contribution in [2.75, 3.05) is 13.7 Å². The lowest BCUT2D eigenvalue weighted by Gasteiger charge is -2.47. The maximum absolute atomic E-state index is 12.1. The van der Waals surface area contributed by atoms with Gasteiger partial charge in [0.05, 0.1) is 19.8 Å². The molecular weight excluding hydrogens is 359 g/mol. The van der Waals surface area contributed by atoms with Gasteiger partial charge in [-0.1, -0.05) is 30.3 Å². The third-order valence-corrected chi connectivity index (χ3v) is 4.74. The second-order valence-corrected chi connectivity index (χ2v) is 6.85. The van der Waals surface area contributed by atoms with Gasteiger partial charge in [0.15, 0.2) is 6.29 Å². The molecule has 0 spiro atoms. The standard InChI is InChI=1S/C16H18Cl2O6/c1-21-15(20)10-11(19)12-9(23-13(10)14(17)18)7-22-16(24-12)8-5-3-2-4-6-8/h2-6,9-14,16,19H,7H2,1H3/t9-,10+,11+,12-,13-,16?/m1/s1. The minimum Gasteiger partial charge on any atom is -0.469 e. The van der Waals surface area contributed by atoms with Crippen LogP contribution in [0.1, 0.15) is 11.9 Å². The Kier molecular flexibility index (Phi) is 5.64. The van der Waals surface area contributed by atoms with E-state index in [-0.39, 0.29) is 6.61 Å². The number of halogens is 2. The van der Waals surface area contributed by atoms with Gasteiger partial charge in [0, 0.05) is 5.56 Å². The van der Waals surface area contributed by atoms with Crippen molar-refractivity contribution in [1.29, 1.82) is 0 Å². The zero-order chi connectivity index (χ0) is 17.3. The number of aliphatic hydroxyl groups excluding tert-OH is 1. The summed E-state index contributed by atoms with van der Waals surface area (Å²) in [6.45, 7) is 0.187. The lowest BCUT2D eigenvalue weighted by molar-refractivity contribution is -0.319. The predicted octanol–water partition coefficient (Wildman–Crippen LogP) is 1.82. The lowest BCUT2D eigenvalue weighted by atomic mass is 9.86. The van der Waals surface area contributed by atoms with Crippen LogP contribution in [0.25, 0.3) is 0 Å². The molecule has 2 aliphatic rings. The minimum atomic E-state index is -1.17. The molecule has 1 unspecified atom stereocenters. The number of methoxy groups -OCH3 is 1. The summed E-state index contributed by atoms with van der Waals surface area (Å²) in [6.07, 6.45) is -4.06. The van der Waals surface area contributed by atoms with Gasteiger partial charge in [-0.3, -0.25) is 4.79 Å². The summed E-state index contributed by atoms with van der Waals surface area (Å²) in [6, 6.07) is 9.32. The number of fused-ring (bicyclic) bond motifs is 1. The molecule has 1 aromatic carbocycles. The van der Waals surface area contributed by atoms with Gasteiger partial charge in [0.25, 0.3) is 0 Å². The largest absolute Gasteiger partial charge is 0.469 e. The number of carbonyl (C=O) groups excluding carboxylic acids is 1. The predicted molar refractivity (Wildman–Crippen MR) is 85.7 cm³/mol. The molecule has 2 aliphatic heterocycles. The monoisotopic (exact) mass is 376 g/mol. The molecule has 3 rings (SSSR count). The number of ether oxygens (including phenoxy) is 4. The van der Waals surface area contributed by atoms with Crippen molar-refractivity contribution in [2.24, 2.45) is 5.92 Å². The first-order chi connectivity index (χ1) is 11.5. The summed E-state index contributed by atoms with van der Waals surface area (Å²) < 4.78 is 22.0. The maximum atomic E-state index is 12.1. The van der Waals surface area contributed by atoms with E-state index in [0.29, 0.717) is 0 Å². The summed E-state index contributed by atoms with van der Waals surface area (Å²) in [5.74, 6) is -1.69. The van der Waals surface area contributed by atoms with E-state index in [1.807, 2.05) is 30.3 Å². The van der Waals surface area contributed by atoms with Crippen molar-refractivity contribution in [3.63, 3.8) is 0 Å². The van der Waals surface area contributed by atoms with Gasteiger partial charge >= 0.3 is 5.97 Å². The molecule has 24 heavy (non-hydrogen) atoms. The molecule has 2 fully saturated rings. The van der Waals surface area contributed by atoms with E-state index in [1.165, 1.54) is 7.11 Å². The molecule has 1 N–H and O–H groups in total. The number of esters is 1. The number of aliphatic hydroxyl groups is 1. The van der Waals surface area contributed by atoms with Crippen molar-refractivity contribution in [2.45, 2.75) is 35.5 Å². The van der Waals surface area contributed by atoms with Crippen LogP contribution in [0.2, 0.25) is 0 Å². The van der Waals surface area contributed by atoms with Crippen LogP contribution in [0, 0.1) is 5.92 Å². The van der Waals surface area contributed by atoms with Gasteiger partial charge in [-0.15, -0.1) is 23.2 Å². The number of benzene rings is 1. The van der Waals surface area contributed by atoms with Crippen LogP contribution in [0.3, 0.4) is 0 Å². The second-order valence-electron chi connectivity index (χ2n) is 5.69. The van der Waals surface area contributed by atoms with Crippen LogP contribution in [0.5, 0.6) is 0 Å². The summed E-state index contributed by atoms with van der Waals surface area (Å²) in [5, 5.41) is 10.7. The fraction of sp³-hybridized carbons (Fsp3) is 0.562. The molecule has 0 aromatic heterocycles. The Bertz CT molecular complexity index is 569. The zero-order valence-electron chi connectivity index (χ0n) is 12.9. The number of hydrogen-bond acceptors (Lipinski definition) is 6. The zero-order valence-corrected chi connectivity index (χ0v) is 14.4. The average molecular weight is 377 g/mol. The molecule has 0 saturated carbocycles. The van der Waals surface area contributed by atoms with Gasteiger partial charge in [-0.25, -0.2) is 0 Å². The number of hydrogen-bond donors (Lipinski definition) is 1. The third kappa shape index (κ3) is 3.40. The Morgan fingerprint density at radius 2 is 2.00 bits per heavy atom. The highest BCUT2D eigenvalue weighted by atomic mass is 35.5. The second kappa shape index (κ2) is 7.56. The molecular formula is C16H18Cl2O6. The Hall–Kier alpha value is -0.890.